The first-order chi connectivity index (χ1) is 9.81. The first-order valence-electron chi connectivity index (χ1n) is 6.60. The van der Waals surface area contributed by atoms with Gasteiger partial charge in [-0.3, -0.25) is 0 Å². The molecule has 2 rings (SSSR count). The number of thiophene rings is 1. The van der Waals surface area contributed by atoms with Crippen molar-refractivity contribution < 1.29 is 13.5 Å². The average molecular weight is 325 g/mol. The molecule has 1 heterocycles. The van der Waals surface area contributed by atoms with Crippen molar-refractivity contribution in [1.82, 2.24) is 4.72 Å². The maximum absolute atomic E-state index is 12.2. The maximum Gasteiger partial charge on any atom is 0.240 e. The molecule has 0 aliphatic rings. The van der Waals surface area contributed by atoms with Crippen LogP contribution < -0.4 is 4.72 Å². The normalized spacial score (nSPS) is 13.3. The number of rotatable bonds is 5. The lowest BCUT2D eigenvalue weighted by Gasteiger charge is -2.13. The Hall–Kier alpha value is -1.21. The van der Waals surface area contributed by atoms with Gasteiger partial charge in [-0.05, 0) is 61.0 Å². The molecule has 2 aromatic rings. The topological polar surface area (TPSA) is 66.4 Å². The second-order valence-electron chi connectivity index (χ2n) is 5.08. The summed E-state index contributed by atoms with van der Waals surface area (Å²) in [5, 5.41) is 12.0. The highest BCUT2D eigenvalue weighted by Crippen LogP contribution is 2.23. The van der Waals surface area contributed by atoms with Crippen LogP contribution in [0.1, 0.15) is 27.7 Å². The van der Waals surface area contributed by atoms with Crippen molar-refractivity contribution in [1.29, 1.82) is 0 Å². The van der Waals surface area contributed by atoms with Crippen molar-refractivity contribution in [2.45, 2.75) is 31.8 Å². The van der Waals surface area contributed by atoms with E-state index in [9.17, 15) is 13.5 Å². The zero-order valence-corrected chi connectivity index (χ0v) is 13.9. The van der Waals surface area contributed by atoms with Gasteiger partial charge in [-0.1, -0.05) is 6.07 Å². The van der Waals surface area contributed by atoms with Crippen LogP contribution in [-0.2, 0) is 10.0 Å². The lowest BCUT2D eigenvalue weighted by atomic mass is 10.1. The van der Waals surface area contributed by atoms with Crippen molar-refractivity contribution in [2.24, 2.45) is 0 Å². The van der Waals surface area contributed by atoms with Crippen molar-refractivity contribution in [3.63, 3.8) is 0 Å². The van der Waals surface area contributed by atoms with Crippen LogP contribution in [0.4, 0.5) is 0 Å². The molecule has 21 heavy (non-hydrogen) atoms. The van der Waals surface area contributed by atoms with Gasteiger partial charge >= 0.3 is 0 Å². The first kappa shape index (κ1) is 16.2. The molecular weight excluding hydrogens is 306 g/mol. The molecular formula is C15H19NO3S2. The summed E-state index contributed by atoms with van der Waals surface area (Å²) in [4.78, 5) is 1.01. The number of hydrogen-bond acceptors (Lipinski definition) is 4. The molecule has 1 unspecified atom stereocenters. The van der Waals surface area contributed by atoms with Gasteiger partial charge in [-0.15, -0.1) is 11.3 Å². The van der Waals surface area contributed by atoms with Crippen molar-refractivity contribution in [2.75, 3.05) is 6.54 Å². The minimum atomic E-state index is -3.60. The van der Waals surface area contributed by atoms with Gasteiger partial charge in [0, 0.05) is 11.4 Å². The summed E-state index contributed by atoms with van der Waals surface area (Å²) < 4.78 is 26.9. The number of hydrogen-bond donors (Lipinski definition) is 2. The van der Waals surface area contributed by atoms with Crippen molar-refractivity contribution in [3.05, 3.63) is 51.2 Å². The Morgan fingerprint density at radius 1 is 1.14 bits per heavy atom. The molecule has 1 aromatic carbocycles. The summed E-state index contributed by atoms with van der Waals surface area (Å²) >= 11 is 1.42. The number of aliphatic hydroxyl groups excluding tert-OH is 1. The fourth-order valence-corrected chi connectivity index (χ4v) is 4.01. The molecule has 0 aliphatic heterocycles. The molecule has 0 aliphatic carbocycles. The molecule has 0 amide bonds. The van der Waals surface area contributed by atoms with E-state index in [2.05, 4.69) is 4.72 Å². The van der Waals surface area contributed by atoms with Crippen LogP contribution in [0.2, 0.25) is 0 Å². The van der Waals surface area contributed by atoms with Gasteiger partial charge in [0.1, 0.15) is 6.10 Å². The molecule has 1 aromatic heterocycles. The van der Waals surface area contributed by atoms with Gasteiger partial charge in [-0.25, -0.2) is 13.1 Å². The molecule has 0 fully saturated rings. The standard InChI is InChI=1S/C15H19NO3S2/c1-10-4-5-13(8-12(10)3)21(18,19)16-9-14(17)15-11(2)6-7-20-15/h4-8,14,16-17H,9H2,1-3H3. The van der Waals surface area contributed by atoms with Gasteiger partial charge in [0.15, 0.2) is 0 Å². The molecule has 1 atom stereocenters. The molecule has 6 heteroatoms. The Morgan fingerprint density at radius 3 is 2.43 bits per heavy atom. The van der Waals surface area contributed by atoms with Crippen LogP contribution in [-0.4, -0.2) is 20.1 Å². The Balaban J connectivity index is 2.11. The van der Waals surface area contributed by atoms with E-state index >= 15 is 0 Å². The van der Waals surface area contributed by atoms with E-state index in [4.69, 9.17) is 0 Å². The second kappa shape index (κ2) is 6.27. The van der Waals surface area contributed by atoms with Crippen molar-refractivity contribution in [3.8, 4) is 0 Å². The van der Waals surface area contributed by atoms with Crippen LogP contribution in [0.3, 0.4) is 0 Å². The first-order valence-corrected chi connectivity index (χ1v) is 8.96. The zero-order chi connectivity index (χ0) is 15.6. The Kier molecular flexibility index (Phi) is 4.83. The van der Waals surface area contributed by atoms with Gasteiger partial charge in [-0.2, -0.15) is 0 Å². The van der Waals surface area contributed by atoms with Gasteiger partial charge < -0.3 is 5.11 Å². The summed E-state index contributed by atoms with van der Waals surface area (Å²) in [7, 11) is -3.60. The quantitative estimate of drug-likeness (QED) is 0.888. The minimum Gasteiger partial charge on any atom is -0.386 e. The average Bonchev–Trinajstić information content (AvgIpc) is 2.85. The summed E-state index contributed by atoms with van der Waals surface area (Å²) in [5.41, 5.74) is 2.94. The summed E-state index contributed by atoms with van der Waals surface area (Å²) in [6.07, 6.45) is -0.827. The number of nitrogens with one attached hydrogen (secondary N) is 1. The third-order valence-corrected chi connectivity index (χ3v) is 6.00. The number of aryl methyl sites for hydroxylation is 3. The predicted molar refractivity (Wildman–Crippen MR) is 85.1 cm³/mol. The Labute approximate surface area is 129 Å². The zero-order valence-electron chi connectivity index (χ0n) is 12.3. The fraction of sp³-hybridized carbons (Fsp3) is 0.333. The second-order valence-corrected chi connectivity index (χ2v) is 7.80. The summed E-state index contributed by atoms with van der Waals surface area (Å²) in [6, 6.07) is 6.90. The van der Waals surface area contributed by atoms with Crippen LogP contribution in [0.15, 0.2) is 34.5 Å². The summed E-state index contributed by atoms with van der Waals surface area (Å²) in [5.74, 6) is 0. The van der Waals surface area contributed by atoms with E-state index in [-0.39, 0.29) is 11.4 Å². The number of aliphatic hydroxyl groups is 1. The molecule has 114 valence electrons. The molecule has 0 saturated carbocycles. The monoisotopic (exact) mass is 325 g/mol. The van der Waals surface area contributed by atoms with Crippen LogP contribution in [0.25, 0.3) is 0 Å². The molecule has 0 spiro atoms. The van der Waals surface area contributed by atoms with E-state index in [1.165, 1.54) is 11.3 Å². The Morgan fingerprint density at radius 2 is 1.86 bits per heavy atom. The molecule has 0 bridgehead atoms. The van der Waals surface area contributed by atoms with E-state index in [0.717, 1.165) is 21.6 Å². The van der Waals surface area contributed by atoms with Gasteiger partial charge in [0.2, 0.25) is 10.0 Å². The van der Waals surface area contributed by atoms with E-state index in [1.807, 2.05) is 32.2 Å². The molecule has 2 N–H and O–H groups in total. The van der Waals surface area contributed by atoms with Gasteiger partial charge in [0.05, 0.1) is 4.90 Å². The largest absolute Gasteiger partial charge is 0.386 e. The number of sulfonamides is 1. The van der Waals surface area contributed by atoms with Crippen LogP contribution in [0.5, 0.6) is 0 Å². The SMILES string of the molecule is Cc1ccc(S(=O)(=O)NCC(O)c2sccc2C)cc1C. The minimum absolute atomic E-state index is 0.0311. The summed E-state index contributed by atoms with van der Waals surface area (Å²) in [6.45, 7) is 5.67. The van der Waals surface area contributed by atoms with Crippen LogP contribution in [0, 0.1) is 20.8 Å². The van der Waals surface area contributed by atoms with E-state index in [0.29, 0.717) is 0 Å². The van der Waals surface area contributed by atoms with Crippen molar-refractivity contribution >= 4 is 21.4 Å². The lowest BCUT2D eigenvalue weighted by Crippen LogP contribution is -2.28. The maximum atomic E-state index is 12.2. The number of benzene rings is 1. The fourth-order valence-electron chi connectivity index (χ4n) is 1.97. The van der Waals surface area contributed by atoms with E-state index in [1.54, 1.807) is 18.2 Å². The highest BCUT2D eigenvalue weighted by molar-refractivity contribution is 7.89. The van der Waals surface area contributed by atoms with Crippen LogP contribution >= 0.6 is 11.3 Å². The Bertz CT molecular complexity index is 735. The highest BCUT2D eigenvalue weighted by Gasteiger charge is 2.18. The molecule has 4 nitrogen and oxygen atoms in total. The molecule has 0 saturated heterocycles. The highest BCUT2D eigenvalue weighted by atomic mass is 32.2. The smallest absolute Gasteiger partial charge is 0.240 e. The predicted octanol–water partition coefficient (Wildman–Crippen LogP) is 2.69. The van der Waals surface area contributed by atoms with E-state index < -0.39 is 16.1 Å². The molecule has 0 radical (unpaired) electrons. The third kappa shape index (κ3) is 3.71. The lowest BCUT2D eigenvalue weighted by molar-refractivity contribution is 0.185. The third-order valence-electron chi connectivity index (χ3n) is 3.46. The van der Waals surface area contributed by atoms with Gasteiger partial charge in [0.25, 0.3) is 0 Å².